The van der Waals surface area contributed by atoms with Crippen LogP contribution in [0.25, 0.3) is 0 Å². The van der Waals surface area contributed by atoms with Gasteiger partial charge in [0.1, 0.15) is 0 Å². The van der Waals surface area contributed by atoms with Gasteiger partial charge in [0, 0.05) is 15.4 Å². The van der Waals surface area contributed by atoms with Crippen LogP contribution in [-0.4, -0.2) is 14.7 Å². The summed E-state index contributed by atoms with van der Waals surface area (Å²) in [5.41, 5.74) is 0. The molecule has 0 N–H and O–H groups in total. The monoisotopic (exact) mass is 292 g/mol. The maximum atomic E-state index is 14.1. The fraction of sp³-hybridized carbons (Fsp3) is 0.667. The van der Waals surface area contributed by atoms with Gasteiger partial charge in [0.05, 0.1) is 0 Å². The standard InChI is InChI=1S/C18H28OS/c19-20(16-10-4-1-5-11-16,17-12-6-2-7-13-17)18-14-8-3-9-15-18/h1,4-5,10-11,17-18,20H,2-3,6-9,12-15H2. The van der Waals surface area contributed by atoms with Gasteiger partial charge in [-0.3, -0.25) is 4.21 Å². The van der Waals surface area contributed by atoms with E-state index in [0.29, 0.717) is 10.5 Å². The maximum Gasteiger partial charge on any atom is 0.0168 e. The molecule has 1 nitrogen and oxygen atoms in total. The highest BCUT2D eigenvalue weighted by molar-refractivity contribution is 8.04. The highest BCUT2D eigenvalue weighted by Gasteiger charge is 2.37. The first kappa shape index (κ1) is 14.3. The van der Waals surface area contributed by atoms with Crippen molar-refractivity contribution >= 4 is 9.93 Å². The van der Waals surface area contributed by atoms with E-state index in [0.717, 1.165) is 0 Å². The Kier molecular flexibility index (Phi) is 4.60. The average Bonchev–Trinajstić information content (AvgIpc) is 2.56. The molecule has 112 valence electrons. The molecule has 0 amide bonds. The first-order valence-corrected chi connectivity index (χ1v) is 10.3. The highest BCUT2D eigenvalue weighted by atomic mass is 32.2. The summed E-state index contributed by atoms with van der Waals surface area (Å²) in [7, 11) is -2.22. The third kappa shape index (κ3) is 2.72. The van der Waals surface area contributed by atoms with E-state index in [1.165, 1.54) is 69.1 Å². The van der Waals surface area contributed by atoms with Gasteiger partial charge in [-0.15, -0.1) is 0 Å². The quantitative estimate of drug-likeness (QED) is 0.797. The van der Waals surface area contributed by atoms with Crippen molar-refractivity contribution in [2.24, 2.45) is 0 Å². The lowest BCUT2D eigenvalue weighted by atomic mass is 10.00. The first-order valence-electron chi connectivity index (χ1n) is 8.47. The second-order valence-corrected chi connectivity index (χ2v) is 10.0. The van der Waals surface area contributed by atoms with E-state index in [4.69, 9.17) is 0 Å². The fourth-order valence-electron chi connectivity index (χ4n) is 4.31. The molecule has 0 bridgehead atoms. The van der Waals surface area contributed by atoms with Gasteiger partial charge in [-0.2, -0.15) is 0 Å². The molecule has 0 spiro atoms. The predicted molar refractivity (Wildman–Crippen MR) is 88.0 cm³/mol. The summed E-state index contributed by atoms with van der Waals surface area (Å²) in [4.78, 5) is 1.18. The van der Waals surface area contributed by atoms with E-state index in [1.807, 2.05) is 0 Å². The lowest BCUT2D eigenvalue weighted by Crippen LogP contribution is -2.41. The van der Waals surface area contributed by atoms with Gasteiger partial charge < -0.3 is 0 Å². The highest BCUT2D eigenvalue weighted by Crippen LogP contribution is 2.41. The molecular formula is C18H28OS. The molecule has 20 heavy (non-hydrogen) atoms. The molecule has 2 saturated carbocycles. The van der Waals surface area contributed by atoms with Gasteiger partial charge in [0.2, 0.25) is 0 Å². The lowest BCUT2D eigenvalue weighted by molar-refractivity contribution is 0.468. The second-order valence-electron chi connectivity index (χ2n) is 6.63. The third-order valence-corrected chi connectivity index (χ3v) is 9.70. The van der Waals surface area contributed by atoms with Crippen LogP contribution in [0.2, 0.25) is 0 Å². The van der Waals surface area contributed by atoms with Gasteiger partial charge >= 0.3 is 0 Å². The molecule has 1 aromatic rings. The number of hydrogen-bond donors (Lipinski definition) is 1. The van der Waals surface area contributed by atoms with Crippen molar-refractivity contribution in [3.63, 3.8) is 0 Å². The first-order chi connectivity index (χ1) is 9.82. The van der Waals surface area contributed by atoms with Gasteiger partial charge in [-0.05, 0) is 37.8 Å². The van der Waals surface area contributed by atoms with Crippen LogP contribution in [0.5, 0.6) is 0 Å². The van der Waals surface area contributed by atoms with Gasteiger partial charge in [0.25, 0.3) is 0 Å². The Morgan fingerprint density at radius 1 is 0.700 bits per heavy atom. The predicted octanol–water partition coefficient (Wildman–Crippen LogP) is 4.73. The van der Waals surface area contributed by atoms with Crippen LogP contribution in [0.15, 0.2) is 35.2 Å². The molecule has 0 atom stereocenters. The Hall–Kier alpha value is -0.630. The Bertz CT molecular complexity index is 434. The fourth-order valence-corrected chi connectivity index (χ4v) is 8.65. The Morgan fingerprint density at radius 3 is 1.60 bits per heavy atom. The van der Waals surface area contributed by atoms with Crippen LogP contribution in [0, 0.1) is 0 Å². The summed E-state index contributed by atoms with van der Waals surface area (Å²) in [6, 6.07) is 10.5. The molecule has 0 radical (unpaired) electrons. The minimum absolute atomic E-state index is 0.474. The van der Waals surface area contributed by atoms with Crippen molar-refractivity contribution in [2.45, 2.75) is 79.6 Å². The van der Waals surface area contributed by atoms with Crippen molar-refractivity contribution in [2.75, 3.05) is 0 Å². The van der Waals surface area contributed by atoms with E-state index in [1.54, 1.807) is 0 Å². The van der Waals surface area contributed by atoms with Crippen molar-refractivity contribution in [3.05, 3.63) is 30.3 Å². The summed E-state index contributed by atoms with van der Waals surface area (Å²) in [5.74, 6) is 0. The van der Waals surface area contributed by atoms with Gasteiger partial charge in [0.15, 0.2) is 0 Å². The van der Waals surface area contributed by atoms with Crippen molar-refractivity contribution in [3.8, 4) is 0 Å². The third-order valence-electron chi connectivity index (χ3n) is 5.39. The molecule has 2 aliphatic rings. The van der Waals surface area contributed by atoms with Gasteiger partial charge in [-0.25, -0.2) is 0 Å². The van der Waals surface area contributed by atoms with E-state index in [2.05, 4.69) is 30.3 Å². The molecule has 0 heterocycles. The van der Waals surface area contributed by atoms with Crippen LogP contribution in [0.3, 0.4) is 0 Å². The summed E-state index contributed by atoms with van der Waals surface area (Å²) < 4.78 is 14.1. The minimum atomic E-state index is -2.22. The largest absolute Gasteiger partial charge is 0.280 e. The van der Waals surface area contributed by atoms with Crippen molar-refractivity contribution in [1.82, 2.24) is 0 Å². The second kappa shape index (κ2) is 6.43. The summed E-state index contributed by atoms with van der Waals surface area (Å²) in [6.07, 6.45) is 12.6. The SMILES string of the molecule is O=[SH](c1ccccc1)(C1CCCCC1)C1CCCCC1. The van der Waals surface area contributed by atoms with E-state index < -0.39 is 9.93 Å². The number of benzene rings is 1. The average molecular weight is 292 g/mol. The molecule has 0 saturated heterocycles. The van der Waals surface area contributed by atoms with Crippen LogP contribution >= 0.6 is 0 Å². The van der Waals surface area contributed by atoms with E-state index in [9.17, 15) is 4.21 Å². The number of hydrogen-bond acceptors (Lipinski definition) is 1. The topological polar surface area (TPSA) is 17.1 Å². The van der Waals surface area contributed by atoms with Crippen LogP contribution in [-0.2, 0) is 9.93 Å². The zero-order valence-electron chi connectivity index (χ0n) is 12.5. The summed E-state index contributed by atoms with van der Waals surface area (Å²) in [5, 5.41) is 0.948. The molecule has 0 aliphatic heterocycles. The molecule has 2 aliphatic carbocycles. The molecule has 0 aromatic heterocycles. The molecular weight excluding hydrogens is 264 g/mol. The molecule has 2 fully saturated rings. The van der Waals surface area contributed by atoms with Crippen LogP contribution in [0.1, 0.15) is 64.2 Å². The maximum absolute atomic E-state index is 14.1. The number of thiol groups is 1. The van der Waals surface area contributed by atoms with Gasteiger partial charge in [-0.1, -0.05) is 66.7 Å². The van der Waals surface area contributed by atoms with Crippen LogP contribution in [0.4, 0.5) is 0 Å². The Labute approximate surface area is 124 Å². The smallest absolute Gasteiger partial charge is 0.0168 e. The van der Waals surface area contributed by atoms with E-state index >= 15 is 0 Å². The Morgan fingerprint density at radius 2 is 1.15 bits per heavy atom. The lowest BCUT2D eigenvalue weighted by Gasteiger charge is -2.42. The minimum Gasteiger partial charge on any atom is -0.280 e. The molecule has 0 unspecified atom stereocenters. The summed E-state index contributed by atoms with van der Waals surface area (Å²) in [6.45, 7) is 0. The Balaban J connectivity index is 1.95. The molecule has 1 aromatic carbocycles. The van der Waals surface area contributed by atoms with Crippen LogP contribution < -0.4 is 0 Å². The zero-order chi connectivity index (χ0) is 13.8. The normalized spacial score (nSPS) is 23.6. The van der Waals surface area contributed by atoms with Crippen molar-refractivity contribution in [1.29, 1.82) is 0 Å². The van der Waals surface area contributed by atoms with Crippen molar-refractivity contribution < 1.29 is 4.21 Å². The number of rotatable bonds is 3. The zero-order valence-corrected chi connectivity index (χ0v) is 13.4. The van der Waals surface area contributed by atoms with E-state index in [-0.39, 0.29) is 0 Å². The molecule has 3 rings (SSSR count). The molecule has 2 heteroatoms. The summed E-state index contributed by atoms with van der Waals surface area (Å²) >= 11 is 0.